The maximum absolute atomic E-state index is 13.5. The van der Waals surface area contributed by atoms with Gasteiger partial charge in [0.1, 0.15) is 5.82 Å². The zero-order valence-corrected chi connectivity index (χ0v) is 11.4. The molecule has 0 N–H and O–H groups in total. The summed E-state index contributed by atoms with van der Waals surface area (Å²) in [5.74, 6) is -0.251. The maximum atomic E-state index is 13.5. The summed E-state index contributed by atoms with van der Waals surface area (Å²) in [4.78, 5) is 0. The molecule has 0 saturated carbocycles. The van der Waals surface area contributed by atoms with Crippen molar-refractivity contribution in [1.29, 1.82) is 0 Å². The molecule has 2 aromatic rings. The van der Waals surface area contributed by atoms with Gasteiger partial charge in [-0.2, -0.15) is 11.3 Å². The number of thiophene rings is 1. The molecule has 0 spiro atoms. The zero-order valence-electron chi connectivity index (χ0n) is 8.29. The first-order chi connectivity index (χ1) is 7.66. The van der Waals surface area contributed by atoms with E-state index in [9.17, 15) is 4.39 Å². The van der Waals surface area contributed by atoms with Crippen molar-refractivity contribution < 1.29 is 4.39 Å². The van der Waals surface area contributed by atoms with Crippen LogP contribution in [0.25, 0.3) is 0 Å². The van der Waals surface area contributed by atoms with E-state index in [1.54, 1.807) is 23.5 Å². The van der Waals surface area contributed by atoms with Gasteiger partial charge in [-0.15, -0.1) is 11.6 Å². The molecule has 0 fully saturated rings. The minimum absolute atomic E-state index is 0.251. The Hall–Kier alpha value is -0.380. The fourth-order valence-corrected chi connectivity index (χ4v) is 2.89. The lowest BCUT2D eigenvalue weighted by molar-refractivity contribution is 0.605. The van der Waals surface area contributed by atoms with E-state index in [4.69, 9.17) is 11.6 Å². The predicted octanol–water partition coefficient (Wildman–Crippen LogP) is 5.17. The Morgan fingerprint density at radius 2 is 2.19 bits per heavy atom. The first-order valence-corrected chi connectivity index (χ1v) is 6.94. The highest BCUT2D eigenvalue weighted by atomic mass is 79.9. The van der Waals surface area contributed by atoms with E-state index in [-0.39, 0.29) is 11.2 Å². The quantitative estimate of drug-likeness (QED) is 0.684. The number of benzene rings is 1. The minimum atomic E-state index is -0.327. The molecule has 1 atom stereocenters. The molecule has 16 heavy (non-hydrogen) atoms. The van der Waals surface area contributed by atoms with Gasteiger partial charge in [-0.3, -0.25) is 0 Å². The third kappa shape index (κ3) is 2.84. The highest BCUT2D eigenvalue weighted by Gasteiger charge is 2.14. The van der Waals surface area contributed by atoms with Crippen molar-refractivity contribution in [1.82, 2.24) is 0 Å². The highest BCUT2D eigenvalue weighted by molar-refractivity contribution is 9.10. The van der Waals surface area contributed by atoms with E-state index in [1.807, 2.05) is 16.8 Å². The van der Waals surface area contributed by atoms with Gasteiger partial charge in [0, 0.05) is 10.0 Å². The first kappa shape index (κ1) is 12.1. The Morgan fingerprint density at radius 3 is 2.88 bits per heavy atom. The van der Waals surface area contributed by atoms with E-state index >= 15 is 0 Å². The SMILES string of the molecule is Fc1ccc(Br)cc1C(Cl)Cc1ccsc1. The molecule has 0 saturated heterocycles. The minimum Gasteiger partial charge on any atom is -0.207 e. The van der Waals surface area contributed by atoms with E-state index in [0.717, 1.165) is 10.0 Å². The van der Waals surface area contributed by atoms with Gasteiger partial charge in [0.15, 0.2) is 0 Å². The van der Waals surface area contributed by atoms with Crippen molar-refractivity contribution in [2.24, 2.45) is 0 Å². The smallest absolute Gasteiger partial charge is 0.127 e. The van der Waals surface area contributed by atoms with Crippen LogP contribution in [0.4, 0.5) is 4.39 Å². The molecule has 0 nitrogen and oxygen atoms in total. The van der Waals surface area contributed by atoms with E-state index in [2.05, 4.69) is 15.9 Å². The van der Waals surface area contributed by atoms with Crippen LogP contribution in [-0.4, -0.2) is 0 Å². The summed E-state index contributed by atoms with van der Waals surface area (Å²) in [7, 11) is 0. The largest absolute Gasteiger partial charge is 0.207 e. The topological polar surface area (TPSA) is 0 Å². The summed E-state index contributed by atoms with van der Waals surface area (Å²) in [6.45, 7) is 0. The number of hydrogen-bond acceptors (Lipinski definition) is 1. The monoisotopic (exact) mass is 318 g/mol. The Balaban J connectivity index is 2.20. The molecule has 2 rings (SSSR count). The lowest BCUT2D eigenvalue weighted by atomic mass is 10.1. The van der Waals surface area contributed by atoms with Crippen LogP contribution in [0.1, 0.15) is 16.5 Å². The van der Waals surface area contributed by atoms with E-state index in [0.29, 0.717) is 12.0 Å². The third-order valence-corrected chi connectivity index (χ3v) is 3.91. The molecule has 0 bridgehead atoms. The number of alkyl halides is 1. The summed E-state index contributed by atoms with van der Waals surface area (Å²) in [6.07, 6.45) is 0.651. The van der Waals surface area contributed by atoms with Gasteiger partial charge in [-0.25, -0.2) is 4.39 Å². The molecule has 84 valence electrons. The molecule has 4 heteroatoms. The summed E-state index contributed by atoms with van der Waals surface area (Å²) >= 11 is 11.2. The van der Waals surface area contributed by atoms with E-state index < -0.39 is 0 Å². The van der Waals surface area contributed by atoms with Crippen LogP contribution in [0.15, 0.2) is 39.5 Å². The van der Waals surface area contributed by atoms with E-state index in [1.165, 1.54) is 6.07 Å². The fraction of sp³-hybridized carbons (Fsp3) is 0.167. The molecular formula is C12H9BrClFS. The third-order valence-electron chi connectivity index (χ3n) is 2.29. The second kappa shape index (κ2) is 5.30. The molecule has 0 amide bonds. The van der Waals surface area contributed by atoms with Crippen LogP contribution in [0.3, 0.4) is 0 Å². The summed E-state index contributed by atoms with van der Waals surface area (Å²) in [5.41, 5.74) is 1.69. The van der Waals surface area contributed by atoms with Crippen LogP contribution in [-0.2, 0) is 6.42 Å². The average molecular weight is 320 g/mol. The Labute approximate surface area is 111 Å². The van der Waals surface area contributed by atoms with Gasteiger partial charge in [0.05, 0.1) is 5.38 Å². The van der Waals surface area contributed by atoms with Crippen LogP contribution in [0, 0.1) is 5.82 Å². The molecule has 1 aromatic carbocycles. The second-order valence-electron chi connectivity index (χ2n) is 3.47. The molecule has 1 unspecified atom stereocenters. The van der Waals surface area contributed by atoms with Crippen LogP contribution in [0.2, 0.25) is 0 Å². The van der Waals surface area contributed by atoms with Crippen molar-refractivity contribution in [3.63, 3.8) is 0 Å². The summed E-state index contributed by atoms with van der Waals surface area (Å²) < 4.78 is 14.4. The Bertz CT molecular complexity index is 470. The van der Waals surface area contributed by atoms with Gasteiger partial charge in [-0.05, 0) is 47.0 Å². The zero-order chi connectivity index (χ0) is 11.5. The molecular weight excluding hydrogens is 311 g/mol. The molecule has 0 radical (unpaired) electrons. The van der Waals surface area contributed by atoms with Gasteiger partial charge in [0.2, 0.25) is 0 Å². The Morgan fingerprint density at radius 1 is 1.38 bits per heavy atom. The van der Waals surface area contributed by atoms with Crippen molar-refractivity contribution in [3.8, 4) is 0 Å². The predicted molar refractivity (Wildman–Crippen MR) is 70.7 cm³/mol. The molecule has 0 aliphatic carbocycles. The van der Waals surface area contributed by atoms with Gasteiger partial charge in [0.25, 0.3) is 0 Å². The lowest BCUT2D eigenvalue weighted by Crippen LogP contribution is -1.98. The molecule has 1 heterocycles. The summed E-state index contributed by atoms with van der Waals surface area (Å²) in [5, 5.41) is 3.70. The first-order valence-electron chi connectivity index (χ1n) is 4.77. The van der Waals surface area contributed by atoms with Gasteiger partial charge >= 0.3 is 0 Å². The van der Waals surface area contributed by atoms with Crippen LogP contribution in [0.5, 0.6) is 0 Å². The van der Waals surface area contributed by atoms with Gasteiger partial charge < -0.3 is 0 Å². The van der Waals surface area contributed by atoms with Crippen LogP contribution >= 0.6 is 38.9 Å². The number of rotatable bonds is 3. The van der Waals surface area contributed by atoms with Crippen molar-refractivity contribution in [3.05, 3.63) is 56.4 Å². The Kier molecular flexibility index (Phi) is 4.00. The maximum Gasteiger partial charge on any atom is 0.127 e. The molecule has 0 aliphatic rings. The highest BCUT2D eigenvalue weighted by Crippen LogP contribution is 2.29. The van der Waals surface area contributed by atoms with Crippen molar-refractivity contribution in [2.75, 3.05) is 0 Å². The summed E-state index contributed by atoms with van der Waals surface area (Å²) in [6, 6.07) is 6.85. The van der Waals surface area contributed by atoms with Gasteiger partial charge in [-0.1, -0.05) is 15.9 Å². The van der Waals surface area contributed by atoms with Crippen molar-refractivity contribution >= 4 is 38.9 Å². The number of hydrogen-bond donors (Lipinski definition) is 0. The molecule has 0 aliphatic heterocycles. The normalized spacial score (nSPS) is 12.7. The van der Waals surface area contributed by atoms with Crippen LogP contribution < -0.4 is 0 Å². The fourth-order valence-electron chi connectivity index (χ4n) is 1.48. The second-order valence-corrected chi connectivity index (χ2v) is 5.69. The lowest BCUT2D eigenvalue weighted by Gasteiger charge is -2.10. The average Bonchev–Trinajstić information content (AvgIpc) is 2.74. The number of halogens is 3. The van der Waals surface area contributed by atoms with Crippen molar-refractivity contribution in [2.45, 2.75) is 11.8 Å². The molecule has 1 aromatic heterocycles. The standard InChI is InChI=1S/C12H9BrClFS/c13-9-1-2-12(15)10(6-9)11(14)5-8-3-4-16-7-8/h1-4,6-7,11H,5H2.